The van der Waals surface area contributed by atoms with Crippen LogP contribution < -0.4 is 10.3 Å². The van der Waals surface area contributed by atoms with Crippen molar-refractivity contribution in [3.63, 3.8) is 0 Å². The fourth-order valence-electron chi connectivity index (χ4n) is 1.71. The van der Waals surface area contributed by atoms with Gasteiger partial charge in [0.15, 0.2) is 11.6 Å². The van der Waals surface area contributed by atoms with Crippen molar-refractivity contribution in [2.24, 2.45) is 0 Å². The van der Waals surface area contributed by atoms with Gasteiger partial charge in [-0.25, -0.2) is 8.78 Å². The summed E-state index contributed by atoms with van der Waals surface area (Å²) in [5.74, 6) is -1.80. The Labute approximate surface area is 106 Å². The molecule has 0 fully saturated rings. The molecule has 0 unspecified atom stereocenters. The van der Waals surface area contributed by atoms with E-state index >= 15 is 0 Å². The lowest BCUT2D eigenvalue weighted by atomic mass is 10.0. The molecule has 4 nitrogen and oxygen atoms in total. The van der Waals surface area contributed by atoms with E-state index in [1.54, 1.807) is 6.07 Å². The smallest absolute Gasteiger partial charge is 0.266 e. The molecular formula is C13H8F2N2O2. The monoisotopic (exact) mass is 262 g/mol. The number of nitrogens with zero attached hydrogens (tertiary/aromatic N) is 1. The maximum atomic E-state index is 13.9. The normalized spacial score (nSPS) is 10.0. The molecule has 6 heteroatoms. The summed E-state index contributed by atoms with van der Waals surface area (Å²) >= 11 is 0. The summed E-state index contributed by atoms with van der Waals surface area (Å²) in [5.41, 5.74) is -1.06. The maximum Gasteiger partial charge on any atom is 0.266 e. The highest BCUT2D eigenvalue weighted by molar-refractivity contribution is 5.71. The first kappa shape index (κ1) is 12.8. The van der Waals surface area contributed by atoms with Crippen LogP contribution in [0.15, 0.2) is 29.2 Å². The van der Waals surface area contributed by atoms with Gasteiger partial charge >= 0.3 is 0 Å². The molecule has 0 aliphatic heterocycles. The second-order valence-electron chi connectivity index (χ2n) is 3.67. The molecule has 1 N–H and O–H groups in total. The molecule has 0 bridgehead atoms. The van der Waals surface area contributed by atoms with Crippen molar-refractivity contribution < 1.29 is 13.5 Å². The lowest BCUT2D eigenvalue weighted by Gasteiger charge is -2.08. The van der Waals surface area contributed by atoms with Gasteiger partial charge in [-0.15, -0.1) is 0 Å². The third-order valence-electron chi connectivity index (χ3n) is 2.60. The van der Waals surface area contributed by atoms with Gasteiger partial charge in [0.1, 0.15) is 17.4 Å². The summed E-state index contributed by atoms with van der Waals surface area (Å²) < 4.78 is 32.1. The standard InChI is InChI=1S/C13H8F2N2O2/c1-19-12-5-10(14)8(4-11(12)15)7-2-3-17-13(18)9(7)6-16/h2-5H,1H3,(H,17,18). The Morgan fingerprint density at radius 2 is 2.00 bits per heavy atom. The van der Waals surface area contributed by atoms with Crippen LogP contribution in [-0.4, -0.2) is 12.1 Å². The van der Waals surface area contributed by atoms with Gasteiger partial charge in [-0.3, -0.25) is 4.79 Å². The Morgan fingerprint density at radius 3 is 2.63 bits per heavy atom. The molecule has 0 saturated heterocycles. The van der Waals surface area contributed by atoms with Crippen LogP contribution in [0.2, 0.25) is 0 Å². The van der Waals surface area contributed by atoms with Crippen molar-refractivity contribution in [3.8, 4) is 22.9 Å². The third-order valence-corrected chi connectivity index (χ3v) is 2.60. The molecule has 2 rings (SSSR count). The molecule has 0 aliphatic carbocycles. The van der Waals surface area contributed by atoms with Crippen LogP contribution in [0.3, 0.4) is 0 Å². The SMILES string of the molecule is COc1cc(F)c(-c2cc[nH]c(=O)c2C#N)cc1F. The number of nitriles is 1. The van der Waals surface area contributed by atoms with Gasteiger partial charge in [-0.2, -0.15) is 5.26 Å². The van der Waals surface area contributed by atoms with E-state index in [0.29, 0.717) is 0 Å². The van der Waals surface area contributed by atoms with Gasteiger partial charge in [0, 0.05) is 23.4 Å². The minimum Gasteiger partial charge on any atom is -0.494 e. The summed E-state index contributed by atoms with van der Waals surface area (Å²) in [5, 5.41) is 8.91. The third kappa shape index (κ3) is 2.18. The number of aromatic nitrogens is 1. The van der Waals surface area contributed by atoms with Crippen LogP contribution in [0.1, 0.15) is 5.56 Å². The lowest BCUT2D eigenvalue weighted by Crippen LogP contribution is -2.10. The summed E-state index contributed by atoms with van der Waals surface area (Å²) in [6.45, 7) is 0. The van der Waals surface area contributed by atoms with Crippen LogP contribution in [0.4, 0.5) is 8.78 Å². The average molecular weight is 262 g/mol. The molecule has 1 heterocycles. The van der Waals surface area contributed by atoms with Crippen LogP contribution in [-0.2, 0) is 0 Å². The first-order valence-corrected chi connectivity index (χ1v) is 5.23. The van der Waals surface area contributed by atoms with Gasteiger partial charge < -0.3 is 9.72 Å². The number of aromatic amines is 1. The average Bonchev–Trinajstić information content (AvgIpc) is 2.40. The second kappa shape index (κ2) is 4.90. The Balaban J connectivity index is 2.74. The largest absolute Gasteiger partial charge is 0.494 e. The molecule has 19 heavy (non-hydrogen) atoms. The Bertz CT molecular complexity index is 732. The van der Waals surface area contributed by atoms with Gasteiger partial charge in [-0.05, 0) is 12.1 Å². The molecule has 0 amide bonds. The molecule has 0 saturated carbocycles. The van der Waals surface area contributed by atoms with E-state index < -0.39 is 17.2 Å². The van der Waals surface area contributed by atoms with Crippen LogP contribution in [0, 0.1) is 23.0 Å². The van der Waals surface area contributed by atoms with Gasteiger partial charge in [-0.1, -0.05) is 0 Å². The van der Waals surface area contributed by atoms with Crippen molar-refractivity contribution in [1.29, 1.82) is 5.26 Å². The number of halogens is 2. The molecule has 96 valence electrons. The molecule has 0 aliphatic rings. The highest BCUT2D eigenvalue weighted by Gasteiger charge is 2.16. The highest BCUT2D eigenvalue weighted by atomic mass is 19.1. The number of rotatable bonds is 2. The predicted octanol–water partition coefficient (Wildman–Crippen LogP) is 2.20. The fraction of sp³-hybridized carbons (Fsp3) is 0.0769. The van der Waals surface area contributed by atoms with E-state index in [0.717, 1.165) is 12.1 Å². The van der Waals surface area contributed by atoms with Crippen LogP contribution >= 0.6 is 0 Å². The maximum absolute atomic E-state index is 13.9. The van der Waals surface area contributed by atoms with E-state index in [9.17, 15) is 13.6 Å². The summed E-state index contributed by atoms with van der Waals surface area (Å²) in [7, 11) is 1.21. The quantitative estimate of drug-likeness (QED) is 0.902. The molecular weight excluding hydrogens is 254 g/mol. The van der Waals surface area contributed by atoms with Gasteiger partial charge in [0.25, 0.3) is 5.56 Å². The first-order chi connectivity index (χ1) is 9.08. The minimum atomic E-state index is -0.777. The zero-order chi connectivity index (χ0) is 14.0. The van der Waals surface area contributed by atoms with Crippen molar-refractivity contribution in [2.45, 2.75) is 0 Å². The zero-order valence-corrected chi connectivity index (χ0v) is 9.83. The highest BCUT2D eigenvalue weighted by Crippen LogP contribution is 2.29. The van der Waals surface area contributed by atoms with E-state index in [2.05, 4.69) is 9.72 Å². The van der Waals surface area contributed by atoms with E-state index in [1.807, 2.05) is 0 Å². The minimum absolute atomic E-state index is 0.0327. The van der Waals surface area contributed by atoms with Crippen molar-refractivity contribution in [3.05, 3.63) is 51.9 Å². The number of nitrogens with one attached hydrogen (secondary N) is 1. The predicted molar refractivity (Wildman–Crippen MR) is 63.7 cm³/mol. The lowest BCUT2D eigenvalue weighted by molar-refractivity contribution is 0.383. The van der Waals surface area contributed by atoms with Crippen molar-refractivity contribution >= 4 is 0 Å². The summed E-state index contributed by atoms with van der Waals surface area (Å²) in [6, 6.07) is 4.77. The molecule has 1 aromatic carbocycles. The van der Waals surface area contributed by atoms with Crippen molar-refractivity contribution in [1.82, 2.24) is 4.98 Å². The summed E-state index contributed by atoms with van der Waals surface area (Å²) in [4.78, 5) is 13.7. The molecule has 0 atom stereocenters. The first-order valence-electron chi connectivity index (χ1n) is 5.23. The molecule has 2 aromatic rings. The summed E-state index contributed by atoms with van der Waals surface area (Å²) in [6.07, 6.45) is 1.26. The number of pyridine rings is 1. The van der Waals surface area contributed by atoms with E-state index in [4.69, 9.17) is 5.26 Å². The number of benzene rings is 1. The van der Waals surface area contributed by atoms with E-state index in [-0.39, 0.29) is 22.4 Å². The number of hydrogen-bond acceptors (Lipinski definition) is 3. The molecule has 1 aromatic heterocycles. The Hall–Kier alpha value is -2.68. The fourth-order valence-corrected chi connectivity index (χ4v) is 1.71. The Kier molecular flexibility index (Phi) is 3.29. The molecule has 0 spiro atoms. The second-order valence-corrected chi connectivity index (χ2v) is 3.67. The van der Waals surface area contributed by atoms with Crippen LogP contribution in [0.25, 0.3) is 11.1 Å². The van der Waals surface area contributed by atoms with E-state index in [1.165, 1.54) is 19.4 Å². The molecule has 0 radical (unpaired) electrons. The number of methoxy groups -OCH3 is 1. The van der Waals surface area contributed by atoms with Crippen molar-refractivity contribution in [2.75, 3.05) is 7.11 Å². The Morgan fingerprint density at radius 1 is 1.26 bits per heavy atom. The number of H-pyrrole nitrogens is 1. The van der Waals surface area contributed by atoms with Crippen LogP contribution in [0.5, 0.6) is 5.75 Å². The number of ether oxygens (including phenoxy) is 1. The topological polar surface area (TPSA) is 65.9 Å². The van der Waals surface area contributed by atoms with Gasteiger partial charge in [0.2, 0.25) is 0 Å². The zero-order valence-electron chi connectivity index (χ0n) is 9.83. The number of hydrogen-bond donors (Lipinski definition) is 1. The van der Waals surface area contributed by atoms with Gasteiger partial charge in [0.05, 0.1) is 7.11 Å².